The summed E-state index contributed by atoms with van der Waals surface area (Å²) in [6, 6.07) is 16.0. The second kappa shape index (κ2) is 12.7. The zero-order chi connectivity index (χ0) is 21.9. The lowest BCUT2D eigenvalue weighted by Gasteiger charge is -2.42. The van der Waals surface area contributed by atoms with Gasteiger partial charge in [0, 0.05) is 16.9 Å². The van der Waals surface area contributed by atoms with Crippen LogP contribution in [0, 0.1) is 5.82 Å². The first-order chi connectivity index (χ1) is 15.1. The van der Waals surface area contributed by atoms with Crippen molar-refractivity contribution in [2.24, 2.45) is 0 Å². The van der Waals surface area contributed by atoms with E-state index in [9.17, 15) is 8.96 Å². The lowest BCUT2D eigenvalue weighted by molar-refractivity contribution is -0.0652. The van der Waals surface area contributed by atoms with Crippen molar-refractivity contribution in [1.82, 2.24) is 5.32 Å². The summed E-state index contributed by atoms with van der Waals surface area (Å²) in [5.41, 5.74) is 2.41. The molecule has 0 aromatic heterocycles. The molecule has 0 bridgehead atoms. The van der Waals surface area contributed by atoms with Gasteiger partial charge in [0.1, 0.15) is 5.82 Å². The van der Waals surface area contributed by atoms with E-state index in [4.69, 9.17) is 9.63 Å². The molecule has 1 aliphatic heterocycles. The van der Waals surface area contributed by atoms with Crippen LogP contribution < -0.4 is 5.32 Å². The Bertz CT molecular complexity index is 836. The molecule has 1 atom stereocenters. The van der Waals surface area contributed by atoms with Crippen LogP contribution in [0.25, 0.3) is 0 Å². The van der Waals surface area contributed by atoms with Gasteiger partial charge in [-0.15, -0.1) is 11.8 Å². The lowest BCUT2D eigenvalue weighted by Crippen LogP contribution is -2.46. The summed E-state index contributed by atoms with van der Waals surface area (Å²) in [6.07, 6.45) is 3.88. The zero-order valence-corrected chi connectivity index (χ0v) is 19.5. The van der Waals surface area contributed by atoms with Crippen LogP contribution in [0.15, 0.2) is 53.4 Å². The van der Waals surface area contributed by atoms with E-state index in [1.807, 2.05) is 18.2 Å². The van der Waals surface area contributed by atoms with Gasteiger partial charge in [-0.2, -0.15) is 0 Å². The van der Waals surface area contributed by atoms with Gasteiger partial charge in [0.05, 0.1) is 19.8 Å². The number of thioether (sulfide) groups is 1. The standard InChI is InChI=1S/C23H31FNO4PS/c24-21-15-19(16-25-12-6-13-29-30(26)27)9-10-22(21)31-14-5-4-11-23(17-28-18-23)20-7-2-1-3-8-20/h1-3,7-10,15,25,30H,4-6,11-14,16-18H2,(H,26,27). The van der Waals surface area contributed by atoms with Crippen molar-refractivity contribution in [3.05, 3.63) is 65.5 Å². The molecule has 0 spiro atoms. The molecule has 1 saturated heterocycles. The second-order valence-electron chi connectivity index (χ2n) is 7.85. The Labute approximate surface area is 188 Å². The summed E-state index contributed by atoms with van der Waals surface area (Å²) in [5.74, 6) is 0.716. The van der Waals surface area contributed by atoms with Crippen LogP contribution >= 0.6 is 20.0 Å². The minimum atomic E-state index is -2.85. The van der Waals surface area contributed by atoms with Crippen LogP contribution in [-0.2, 0) is 25.8 Å². The number of hydrogen-bond donors (Lipinski definition) is 2. The molecule has 0 saturated carbocycles. The van der Waals surface area contributed by atoms with Gasteiger partial charge in [0.2, 0.25) is 0 Å². The number of halogens is 1. The molecule has 1 aliphatic rings. The highest BCUT2D eigenvalue weighted by molar-refractivity contribution is 7.99. The van der Waals surface area contributed by atoms with Gasteiger partial charge in [0.25, 0.3) is 0 Å². The van der Waals surface area contributed by atoms with E-state index in [1.165, 1.54) is 5.56 Å². The van der Waals surface area contributed by atoms with Gasteiger partial charge in [0.15, 0.2) is 0 Å². The Morgan fingerprint density at radius 3 is 2.65 bits per heavy atom. The number of rotatable bonds is 14. The van der Waals surface area contributed by atoms with Crippen LogP contribution in [0.1, 0.15) is 36.8 Å². The van der Waals surface area contributed by atoms with Gasteiger partial charge in [-0.1, -0.05) is 42.8 Å². The highest BCUT2D eigenvalue weighted by Gasteiger charge is 2.39. The molecule has 0 radical (unpaired) electrons. The van der Waals surface area contributed by atoms with E-state index >= 15 is 0 Å². The molecule has 2 N–H and O–H groups in total. The average molecular weight is 468 g/mol. The first-order valence-electron chi connectivity index (χ1n) is 10.7. The van der Waals surface area contributed by atoms with Crippen molar-refractivity contribution in [3.63, 3.8) is 0 Å². The Morgan fingerprint density at radius 1 is 1.16 bits per heavy atom. The maximum Gasteiger partial charge on any atom is 0.316 e. The quantitative estimate of drug-likeness (QED) is 0.233. The molecule has 1 heterocycles. The SMILES string of the molecule is O=[PH](O)OCCCNCc1ccc(SCCCCC2(c3ccccc3)COC2)c(F)c1. The highest BCUT2D eigenvalue weighted by atomic mass is 32.2. The molecule has 31 heavy (non-hydrogen) atoms. The van der Waals surface area contributed by atoms with Crippen molar-refractivity contribution in [2.45, 2.75) is 42.5 Å². The van der Waals surface area contributed by atoms with Gasteiger partial charge < -0.3 is 19.5 Å². The Kier molecular flexibility index (Phi) is 10.0. The second-order valence-corrected chi connectivity index (χ2v) is 9.81. The number of hydrogen-bond acceptors (Lipinski definition) is 5. The van der Waals surface area contributed by atoms with Crippen LogP contribution in [0.4, 0.5) is 4.39 Å². The first-order valence-corrected chi connectivity index (χ1v) is 12.9. The Hall–Kier alpha value is -1.21. The normalized spacial score (nSPS) is 16.1. The molecule has 170 valence electrons. The monoisotopic (exact) mass is 467 g/mol. The van der Waals surface area contributed by atoms with E-state index in [0.29, 0.717) is 24.4 Å². The minimum absolute atomic E-state index is 0.161. The predicted molar refractivity (Wildman–Crippen MR) is 123 cm³/mol. The van der Waals surface area contributed by atoms with E-state index in [-0.39, 0.29) is 17.8 Å². The summed E-state index contributed by atoms with van der Waals surface area (Å²) in [7, 11) is -2.85. The van der Waals surface area contributed by atoms with Gasteiger partial charge in [-0.05, 0) is 54.8 Å². The molecular formula is C23H31FNO4PS. The van der Waals surface area contributed by atoms with Crippen molar-refractivity contribution in [2.75, 3.05) is 32.1 Å². The van der Waals surface area contributed by atoms with E-state index in [1.54, 1.807) is 17.8 Å². The summed E-state index contributed by atoms with van der Waals surface area (Å²) in [5, 5.41) is 3.18. The lowest BCUT2D eigenvalue weighted by atomic mass is 9.75. The summed E-state index contributed by atoms with van der Waals surface area (Å²) >= 11 is 1.57. The maximum absolute atomic E-state index is 14.4. The summed E-state index contributed by atoms with van der Waals surface area (Å²) in [4.78, 5) is 9.28. The smallest absolute Gasteiger partial charge is 0.316 e. The highest BCUT2D eigenvalue weighted by Crippen LogP contribution is 2.37. The molecule has 1 unspecified atom stereocenters. The largest absolute Gasteiger partial charge is 0.379 e. The number of nitrogens with one attached hydrogen (secondary N) is 1. The Morgan fingerprint density at radius 2 is 1.97 bits per heavy atom. The van der Waals surface area contributed by atoms with Gasteiger partial charge in [-0.3, -0.25) is 4.57 Å². The first kappa shape index (κ1) is 24.4. The minimum Gasteiger partial charge on any atom is -0.379 e. The number of benzene rings is 2. The van der Waals surface area contributed by atoms with Crippen molar-refractivity contribution in [1.29, 1.82) is 0 Å². The topological polar surface area (TPSA) is 67.8 Å². The molecule has 1 fully saturated rings. The van der Waals surface area contributed by atoms with Crippen molar-refractivity contribution < 1.29 is 23.1 Å². The zero-order valence-electron chi connectivity index (χ0n) is 17.6. The van der Waals surface area contributed by atoms with Crippen molar-refractivity contribution >= 4 is 20.0 Å². The van der Waals surface area contributed by atoms with Crippen LogP contribution in [0.5, 0.6) is 0 Å². The summed E-state index contributed by atoms with van der Waals surface area (Å²) in [6.45, 7) is 3.03. The number of unbranched alkanes of at least 4 members (excludes halogenated alkanes) is 1. The predicted octanol–water partition coefficient (Wildman–Crippen LogP) is 4.93. The Balaban J connectivity index is 1.34. The molecule has 0 aliphatic carbocycles. The molecule has 2 aromatic rings. The maximum atomic E-state index is 14.4. The van der Waals surface area contributed by atoms with Crippen LogP contribution in [-0.4, -0.2) is 37.0 Å². The fourth-order valence-electron chi connectivity index (χ4n) is 3.70. The number of ether oxygens (including phenoxy) is 1. The third-order valence-electron chi connectivity index (χ3n) is 5.50. The third-order valence-corrected chi connectivity index (χ3v) is 7.08. The van der Waals surface area contributed by atoms with Crippen molar-refractivity contribution in [3.8, 4) is 0 Å². The molecule has 5 nitrogen and oxygen atoms in total. The fourth-order valence-corrected chi connectivity index (χ4v) is 4.95. The molecule has 8 heteroatoms. The van der Waals surface area contributed by atoms with E-state index in [2.05, 4.69) is 34.1 Å². The van der Waals surface area contributed by atoms with Crippen LogP contribution in [0.2, 0.25) is 0 Å². The third kappa shape index (κ3) is 7.70. The molecule has 2 aromatic carbocycles. The summed E-state index contributed by atoms with van der Waals surface area (Å²) < 4.78 is 35.0. The van der Waals surface area contributed by atoms with Gasteiger partial charge in [-0.25, -0.2) is 4.39 Å². The van der Waals surface area contributed by atoms with E-state index < -0.39 is 8.25 Å². The van der Waals surface area contributed by atoms with Crippen LogP contribution in [0.3, 0.4) is 0 Å². The molecule has 3 rings (SSSR count). The van der Waals surface area contributed by atoms with E-state index in [0.717, 1.165) is 43.8 Å². The van der Waals surface area contributed by atoms with Gasteiger partial charge >= 0.3 is 8.25 Å². The average Bonchev–Trinajstić information content (AvgIpc) is 2.73. The molecule has 0 amide bonds. The molecular weight excluding hydrogens is 436 g/mol. The fraction of sp³-hybridized carbons (Fsp3) is 0.478.